The van der Waals surface area contributed by atoms with Crippen LogP contribution in [-0.4, -0.2) is 12.1 Å². The van der Waals surface area contributed by atoms with E-state index in [2.05, 4.69) is 18.2 Å². The molecule has 0 aromatic heterocycles. The smallest absolute Gasteiger partial charge is 0.306 e. The highest BCUT2D eigenvalue weighted by Crippen LogP contribution is 1.89. The highest BCUT2D eigenvalue weighted by molar-refractivity contribution is 5.73. The lowest BCUT2D eigenvalue weighted by Gasteiger charge is -2.03. The second-order valence-electron chi connectivity index (χ2n) is 1.43. The van der Waals surface area contributed by atoms with E-state index in [-0.39, 0.29) is 6.10 Å². The molecule has 45 valence electrons. The molecular formula is C6H9O2. The van der Waals surface area contributed by atoms with Gasteiger partial charge in [0.25, 0.3) is 0 Å². The molecule has 1 atom stereocenters. The van der Waals surface area contributed by atoms with Crippen molar-refractivity contribution in [1.29, 1.82) is 0 Å². The van der Waals surface area contributed by atoms with E-state index in [0.29, 0.717) is 0 Å². The van der Waals surface area contributed by atoms with Gasteiger partial charge in [0.15, 0.2) is 0 Å². The molecule has 0 rings (SSSR count). The maximum atomic E-state index is 10.0. The first-order valence-corrected chi connectivity index (χ1v) is 2.32. The largest absolute Gasteiger partial charge is 0.458 e. The third kappa shape index (κ3) is 3.40. The molecule has 2 nitrogen and oxygen atoms in total. The van der Waals surface area contributed by atoms with Crippen LogP contribution in [0.5, 0.6) is 0 Å². The van der Waals surface area contributed by atoms with Crippen molar-refractivity contribution >= 4 is 5.97 Å². The number of carbonyl (C=O) groups is 1. The van der Waals surface area contributed by atoms with Crippen molar-refractivity contribution in [2.45, 2.75) is 13.0 Å². The van der Waals surface area contributed by atoms with Gasteiger partial charge in [-0.05, 0) is 6.92 Å². The molecule has 1 unspecified atom stereocenters. The predicted octanol–water partition coefficient (Wildman–Crippen LogP) is 0.938. The molecule has 0 saturated carbocycles. The van der Waals surface area contributed by atoms with Crippen LogP contribution < -0.4 is 0 Å². The summed E-state index contributed by atoms with van der Waals surface area (Å²) in [5, 5.41) is 0. The first-order valence-electron chi connectivity index (χ1n) is 2.32. The Balaban J connectivity index is 3.38. The molecule has 0 heterocycles. The van der Waals surface area contributed by atoms with Crippen LogP contribution in [0.1, 0.15) is 6.92 Å². The van der Waals surface area contributed by atoms with Gasteiger partial charge in [-0.15, -0.1) is 0 Å². The first kappa shape index (κ1) is 7.21. The van der Waals surface area contributed by atoms with E-state index >= 15 is 0 Å². The zero-order valence-corrected chi connectivity index (χ0v) is 4.89. The Bertz CT molecular complexity index is 96.7. The lowest BCUT2D eigenvalue weighted by molar-refractivity contribution is -0.140. The zero-order valence-electron chi connectivity index (χ0n) is 4.89. The molecule has 0 saturated heterocycles. The minimum absolute atomic E-state index is 0.222. The minimum Gasteiger partial charge on any atom is -0.458 e. The van der Waals surface area contributed by atoms with Gasteiger partial charge in [0.05, 0.1) is 6.92 Å². The van der Waals surface area contributed by atoms with Crippen molar-refractivity contribution < 1.29 is 9.53 Å². The van der Waals surface area contributed by atoms with Gasteiger partial charge in [0, 0.05) is 0 Å². The van der Waals surface area contributed by atoms with Gasteiger partial charge in [-0.25, -0.2) is 0 Å². The Kier molecular flexibility index (Phi) is 2.92. The molecule has 0 aromatic carbocycles. The Morgan fingerprint density at radius 3 is 2.50 bits per heavy atom. The number of carbonyl (C=O) groups excluding carboxylic acids is 1. The molecule has 0 amide bonds. The highest BCUT2D eigenvalue weighted by atomic mass is 16.5. The van der Waals surface area contributed by atoms with Crippen LogP contribution in [-0.2, 0) is 9.53 Å². The lowest BCUT2D eigenvalue weighted by atomic mass is 10.4. The molecule has 0 aromatic rings. The van der Waals surface area contributed by atoms with Gasteiger partial charge < -0.3 is 4.74 Å². The standard InChI is InChI=1S/C6H9O2/c1-4-5(2)8-6(3)7/h4-5H,1,3H2,2H3. The summed E-state index contributed by atoms with van der Waals surface area (Å²) in [6.45, 7) is 8.14. The van der Waals surface area contributed by atoms with E-state index in [1.165, 1.54) is 6.08 Å². The molecule has 1 radical (unpaired) electrons. The number of rotatable bonds is 2. The van der Waals surface area contributed by atoms with Crippen molar-refractivity contribution in [3.05, 3.63) is 19.6 Å². The summed E-state index contributed by atoms with van der Waals surface area (Å²) >= 11 is 0. The van der Waals surface area contributed by atoms with E-state index < -0.39 is 5.97 Å². The maximum Gasteiger partial charge on any atom is 0.306 e. The van der Waals surface area contributed by atoms with E-state index in [9.17, 15) is 4.79 Å². The topological polar surface area (TPSA) is 26.3 Å². The summed E-state index contributed by atoms with van der Waals surface area (Å²) in [6.07, 6.45) is 1.31. The Morgan fingerprint density at radius 1 is 1.88 bits per heavy atom. The third-order valence-electron chi connectivity index (χ3n) is 0.649. The maximum absolute atomic E-state index is 10.0. The number of hydrogen-bond acceptors (Lipinski definition) is 2. The monoisotopic (exact) mass is 113 g/mol. The summed E-state index contributed by atoms with van der Waals surface area (Å²) < 4.78 is 4.53. The van der Waals surface area contributed by atoms with Gasteiger partial charge >= 0.3 is 5.97 Å². The molecule has 2 heteroatoms. The fourth-order valence-corrected chi connectivity index (χ4v) is 0.255. The van der Waals surface area contributed by atoms with Crippen molar-refractivity contribution in [2.75, 3.05) is 0 Å². The Labute approximate surface area is 49.1 Å². The molecule has 0 spiro atoms. The molecular weight excluding hydrogens is 104 g/mol. The molecule has 0 N–H and O–H groups in total. The van der Waals surface area contributed by atoms with Gasteiger partial charge in [-0.3, -0.25) is 4.79 Å². The quantitative estimate of drug-likeness (QED) is 0.393. The number of esters is 1. The molecule has 8 heavy (non-hydrogen) atoms. The summed E-state index contributed by atoms with van der Waals surface area (Å²) in [5.41, 5.74) is 0. The average Bonchev–Trinajstić information content (AvgIpc) is 1.65. The van der Waals surface area contributed by atoms with Gasteiger partial charge in [-0.1, -0.05) is 12.7 Å². The molecule has 0 aliphatic heterocycles. The SMILES string of the molecule is [CH2]C(=O)OC(C)C=C. The van der Waals surface area contributed by atoms with E-state index in [1.807, 2.05) is 0 Å². The van der Waals surface area contributed by atoms with Crippen LogP contribution in [0, 0.1) is 6.92 Å². The summed E-state index contributed by atoms with van der Waals surface area (Å²) in [4.78, 5) is 10.0. The lowest BCUT2D eigenvalue weighted by Crippen LogP contribution is -2.08. The van der Waals surface area contributed by atoms with Crippen molar-refractivity contribution in [3.8, 4) is 0 Å². The van der Waals surface area contributed by atoms with Crippen LogP contribution in [0.2, 0.25) is 0 Å². The van der Waals surface area contributed by atoms with Crippen LogP contribution in [0.15, 0.2) is 12.7 Å². The van der Waals surface area contributed by atoms with E-state index in [1.54, 1.807) is 6.92 Å². The van der Waals surface area contributed by atoms with Crippen LogP contribution in [0.4, 0.5) is 0 Å². The summed E-state index contributed by atoms with van der Waals surface area (Å²) in [7, 11) is 0. The van der Waals surface area contributed by atoms with Crippen molar-refractivity contribution in [2.24, 2.45) is 0 Å². The summed E-state index contributed by atoms with van der Waals surface area (Å²) in [6, 6.07) is 0. The fourth-order valence-electron chi connectivity index (χ4n) is 0.255. The summed E-state index contributed by atoms with van der Waals surface area (Å²) in [5.74, 6) is -0.516. The van der Waals surface area contributed by atoms with Crippen LogP contribution in [0.25, 0.3) is 0 Å². The minimum atomic E-state index is -0.516. The molecule has 0 fully saturated rings. The zero-order chi connectivity index (χ0) is 6.57. The Hall–Kier alpha value is -0.790. The number of ether oxygens (including phenoxy) is 1. The average molecular weight is 113 g/mol. The van der Waals surface area contributed by atoms with E-state index in [0.717, 1.165) is 0 Å². The van der Waals surface area contributed by atoms with Crippen LogP contribution in [0.3, 0.4) is 0 Å². The highest BCUT2D eigenvalue weighted by Gasteiger charge is 1.96. The van der Waals surface area contributed by atoms with Crippen molar-refractivity contribution in [1.82, 2.24) is 0 Å². The predicted molar refractivity (Wildman–Crippen MR) is 31.1 cm³/mol. The van der Waals surface area contributed by atoms with Gasteiger partial charge in [-0.2, -0.15) is 0 Å². The van der Waals surface area contributed by atoms with Gasteiger partial charge in [0.2, 0.25) is 0 Å². The normalized spacial score (nSPS) is 12.2. The third-order valence-corrected chi connectivity index (χ3v) is 0.649. The molecule has 0 aliphatic rings. The second kappa shape index (κ2) is 3.24. The fraction of sp³-hybridized carbons (Fsp3) is 0.333. The van der Waals surface area contributed by atoms with Crippen molar-refractivity contribution in [3.63, 3.8) is 0 Å². The molecule has 0 aliphatic carbocycles. The first-order chi connectivity index (χ1) is 3.66. The van der Waals surface area contributed by atoms with Crippen LogP contribution >= 0.6 is 0 Å². The van der Waals surface area contributed by atoms with Gasteiger partial charge in [0.1, 0.15) is 6.10 Å². The second-order valence-corrected chi connectivity index (χ2v) is 1.43. The van der Waals surface area contributed by atoms with E-state index in [4.69, 9.17) is 0 Å². The molecule has 0 bridgehead atoms. The Morgan fingerprint density at radius 2 is 2.38 bits per heavy atom. The number of hydrogen-bond donors (Lipinski definition) is 0.